The number of para-hydroxylation sites is 2. The van der Waals surface area contributed by atoms with Gasteiger partial charge in [-0.25, -0.2) is 8.42 Å². The van der Waals surface area contributed by atoms with Crippen molar-refractivity contribution >= 4 is 21.6 Å². The lowest BCUT2D eigenvalue weighted by Gasteiger charge is -2.34. The van der Waals surface area contributed by atoms with Crippen LogP contribution in [0.25, 0.3) is 0 Å². The van der Waals surface area contributed by atoms with Gasteiger partial charge in [-0.15, -0.1) is 0 Å². The van der Waals surface area contributed by atoms with E-state index in [1.165, 1.54) is 22.0 Å². The largest absolute Gasteiger partial charge is 0.492 e. The Hall–Kier alpha value is -3.52. The second-order valence-electron chi connectivity index (χ2n) is 9.34. The van der Waals surface area contributed by atoms with Crippen LogP contribution in [0.3, 0.4) is 0 Å². The minimum Gasteiger partial charge on any atom is -0.492 e. The average Bonchev–Trinajstić information content (AvgIpc) is 2.86. The number of hydrogen-bond donors (Lipinski definition) is 1. The van der Waals surface area contributed by atoms with E-state index in [0.29, 0.717) is 11.4 Å². The van der Waals surface area contributed by atoms with Gasteiger partial charge in [-0.1, -0.05) is 63.2 Å². The standard InChI is InChI=1S/C27H30N2O5S/c1-27(2,3)20-13-15-21(16-14-20)33-18-17-28-26(30)25-19-29(23-11-7-8-12-24(23)34-25)35(31,32)22-9-5-4-6-10-22/h4-16,25H,17-19H2,1-3H3,(H,28,30)/t25-/m0/s1. The number of sulfonamides is 1. The van der Waals surface area contributed by atoms with E-state index in [1.807, 2.05) is 24.3 Å². The molecule has 3 aromatic carbocycles. The smallest absolute Gasteiger partial charge is 0.264 e. The molecule has 0 saturated carbocycles. The first-order valence-corrected chi connectivity index (χ1v) is 12.9. The fourth-order valence-corrected chi connectivity index (χ4v) is 5.29. The third-order valence-electron chi connectivity index (χ3n) is 5.75. The van der Waals surface area contributed by atoms with Crippen molar-refractivity contribution in [2.75, 3.05) is 24.0 Å². The molecule has 1 heterocycles. The second kappa shape index (κ2) is 10.00. The monoisotopic (exact) mass is 494 g/mol. The van der Waals surface area contributed by atoms with Crippen LogP contribution in [0.5, 0.6) is 11.5 Å². The number of amides is 1. The van der Waals surface area contributed by atoms with Crippen LogP contribution < -0.4 is 19.1 Å². The Balaban J connectivity index is 1.39. The average molecular weight is 495 g/mol. The summed E-state index contributed by atoms with van der Waals surface area (Å²) in [5, 5.41) is 2.79. The maximum atomic E-state index is 13.3. The van der Waals surface area contributed by atoms with Gasteiger partial charge in [0.05, 0.1) is 23.7 Å². The van der Waals surface area contributed by atoms with Gasteiger partial charge in [-0.2, -0.15) is 0 Å². The summed E-state index contributed by atoms with van der Waals surface area (Å²) in [5.41, 5.74) is 1.68. The molecule has 184 valence electrons. The minimum absolute atomic E-state index is 0.0625. The predicted molar refractivity (Wildman–Crippen MR) is 135 cm³/mol. The molecule has 3 aromatic rings. The van der Waals surface area contributed by atoms with Crippen LogP contribution in [0.4, 0.5) is 5.69 Å². The molecular formula is C27H30N2O5S. The molecule has 1 amide bonds. The molecule has 35 heavy (non-hydrogen) atoms. The summed E-state index contributed by atoms with van der Waals surface area (Å²) in [5.74, 6) is 0.656. The van der Waals surface area contributed by atoms with Crippen molar-refractivity contribution in [3.8, 4) is 11.5 Å². The molecule has 0 bridgehead atoms. The summed E-state index contributed by atoms with van der Waals surface area (Å²) in [4.78, 5) is 13.0. The topological polar surface area (TPSA) is 84.9 Å². The second-order valence-corrected chi connectivity index (χ2v) is 11.2. The molecule has 0 spiro atoms. The summed E-state index contributed by atoms with van der Waals surface area (Å²) in [6.45, 7) is 6.85. The van der Waals surface area contributed by atoms with Gasteiger partial charge in [-0.05, 0) is 47.4 Å². The van der Waals surface area contributed by atoms with E-state index in [4.69, 9.17) is 9.47 Å². The molecule has 1 N–H and O–H groups in total. The van der Waals surface area contributed by atoms with Crippen molar-refractivity contribution in [2.45, 2.75) is 37.2 Å². The molecule has 0 saturated heterocycles. The minimum atomic E-state index is -3.87. The summed E-state index contributed by atoms with van der Waals surface area (Å²) in [6, 6.07) is 22.9. The lowest BCUT2D eigenvalue weighted by atomic mass is 9.87. The van der Waals surface area contributed by atoms with Crippen LogP contribution in [0, 0.1) is 0 Å². The zero-order chi connectivity index (χ0) is 25.1. The van der Waals surface area contributed by atoms with Crippen LogP contribution >= 0.6 is 0 Å². The van der Waals surface area contributed by atoms with Crippen molar-refractivity contribution in [3.63, 3.8) is 0 Å². The molecule has 8 heteroatoms. The molecule has 0 aliphatic carbocycles. The van der Waals surface area contributed by atoms with Gasteiger partial charge < -0.3 is 14.8 Å². The molecule has 0 radical (unpaired) electrons. The van der Waals surface area contributed by atoms with Gasteiger partial charge in [0, 0.05) is 0 Å². The zero-order valence-electron chi connectivity index (χ0n) is 20.1. The molecule has 1 atom stereocenters. The molecule has 1 aliphatic rings. The van der Waals surface area contributed by atoms with Crippen LogP contribution in [-0.4, -0.2) is 40.1 Å². The quantitative estimate of drug-likeness (QED) is 0.499. The van der Waals surface area contributed by atoms with Crippen LogP contribution in [0.1, 0.15) is 26.3 Å². The highest BCUT2D eigenvalue weighted by atomic mass is 32.2. The number of nitrogens with one attached hydrogen (secondary N) is 1. The van der Waals surface area contributed by atoms with Gasteiger partial charge in [-0.3, -0.25) is 9.10 Å². The maximum Gasteiger partial charge on any atom is 0.264 e. The Morgan fingerprint density at radius 1 is 1.00 bits per heavy atom. The number of ether oxygens (including phenoxy) is 2. The molecular weight excluding hydrogens is 464 g/mol. The van der Waals surface area contributed by atoms with Crippen LogP contribution in [-0.2, 0) is 20.2 Å². The number of rotatable bonds is 7. The number of hydrogen-bond acceptors (Lipinski definition) is 5. The third-order valence-corrected chi connectivity index (χ3v) is 7.54. The van der Waals surface area contributed by atoms with Crippen LogP contribution in [0.15, 0.2) is 83.8 Å². The molecule has 0 fully saturated rings. The number of nitrogens with zero attached hydrogens (tertiary/aromatic N) is 1. The zero-order valence-corrected chi connectivity index (χ0v) is 20.9. The third kappa shape index (κ3) is 5.59. The Kier molecular flexibility index (Phi) is 7.03. The van der Waals surface area contributed by atoms with Crippen molar-refractivity contribution < 1.29 is 22.7 Å². The number of carbonyl (C=O) groups is 1. The van der Waals surface area contributed by atoms with Gasteiger partial charge in [0.15, 0.2) is 6.10 Å². The number of carbonyl (C=O) groups excluding carboxylic acids is 1. The van der Waals surface area contributed by atoms with Gasteiger partial charge in [0.1, 0.15) is 18.1 Å². The van der Waals surface area contributed by atoms with Gasteiger partial charge >= 0.3 is 0 Å². The highest BCUT2D eigenvalue weighted by Crippen LogP contribution is 2.36. The number of benzene rings is 3. The van der Waals surface area contributed by atoms with Crippen molar-refractivity contribution in [3.05, 3.63) is 84.4 Å². The lowest BCUT2D eigenvalue weighted by Crippen LogP contribution is -2.51. The highest BCUT2D eigenvalue weighted by molar-refractivity contribution is 7.92. The van der Waals surface area contributed by atoms with E-state index < -0.39 is 22.0 Å². The summed E-state index contributed by atoms with van der Waals surface area (Å²) >= 11 is 0. The first-order chi connectivity index (χ1) is 16.7. The molecule has 4 rings (SSSR count). The number of fused-ring (bicyclic) bond motifs is 1. The SMILES string of the molecule is CC(C)(C)c1ccc(OCCNC(=O)[C@@H]2CN(S(=O)(=O)c3ccccc3)c3ccccc3O2)cc1. The number of anilines is 1. The van der Waals surface area contributed by atoms with Crippen molar-refractivity contribution in [1.82, 2.24) is 5.32 Å². The van der Waals surface area contributed by atoms with Gasteiger partial charge in [0.25, 0.3) is 15.9 Å². The van der Waals surface area contributed by atoms with Gasteiger partial charge in [0.2, 0.25) is 0 Å². The van der Waals surface area contributed by atoms with Crippen LogP contribution in [0.2, 0.25) is 0 Å². The Morgan fingerprint density at radius 2 is 1.66 bits per heavy atom. The van der Waals surface area contributed by atoms with E-state index in [9.17, 15) is 13.2 Å². The van der Waals surface area contributed by atoms with E-state index in [1.54, 1.807) is 42.5 Å². The Bertz CT molecular complexity index is 1270. The summed E-state index contributed by atoms with van der Waals surface area (Å²) in [7, 11) is -3.87. The summed E-state index contributed by atoms with van der Waals surface area (Å²) < 4.78 is 39.5. The highest BCUT2D eigenvalue weighted by Gasteiger charge is 2.37. The van der Waals surface area contributed by atoms with Crippen molar-refractivity contribution in [2.24, 2.45) is 0 Å². The first kappa shape index (κ1) is 24.6. The molecule has 7 nitrogen and oxygen atoms in total. The molecule has 1 aliphatic heterocycles. The molecule has 0 aromatic heterocycles. The van der Waals surface area contributed by atoms with E-state index in [-0.39, 0.29) is 30.0 Å². The normalized spacial score (nSPS) is 15.6. The fraction of sp³-hybridized carbons (Fsp3) is 0.296. The van der Waals surface area contributed by atoms with E-state index in [0.717, 1.165) is 5.75 Å². The first-order valence-electron chi connectivity index (χ1n) is 11.5. The van der Waals surface area contributed by atoms with E-state index in [2.05, 4.69) is 26.1 Å². The fourth-order valence-electron chi connectivity index (χ4n) is 3.79. The maximum absolute atomic E-state index is 13.3. The Morgan fingerprint density at radius 3 is 2.34 bits per heavy atom. The molecule has 0 unspecified atom stereocenters. The predicted octanol–water partition coefficient (Wildman–Crippen LogP) is 4.14. The summed E-state index contributed by atoms with van der Waals surface area (Å²) in [6.07, 6.45) is -0.991. The van der Waals surface area contributed by atoms with E-state index >= 15 is 0 Å². The lowest BCUT2D eigenvalue weighted by molar-refractivity contribution is -0.127. The van der Waals surface area contributed by atoms with Crippen molar-refractivity contribution in [1.29, 1.82) is 0 Å². The Labute approximate surface area is 206 Å².